The van der Waals surface area contributed by atoms with Crippen molar-refractivity contribution in [3.63, 3.8) is 0 Å². The average Bonchev–Trinajstić information content (AvgIpc) is 1.85. The Morgan fingerprint density at radius 2 is 2.09 bits per heavy atom. The van der Waals surface area contributed by atoms with Gasteiger partial charge in [-0.05, 0) is 19.6 Å². The van der Waals surface area contributed by atoms with Gasteiger partial charge in [0, 0.05) is 6.08 Å². The quantitative estimate of drug-likeness (QED) is 0.280. The van der Waals surface area contributed by atoms with Crippen LogP contribution in [-0.2, 0) is 14.0 Å². The summed E-state index contributed by atoms with van der Waals surface area (Å²) in [7, 11) is -1.55. The van der Waals surface area contributed by atoms with Crippen LogP contribution in [0.2, 0.25) is 19.6 Å². The minimum absolute atomic E-state index is 0.0422. The summed E-state index contributed by atoms with van der Waals surface area (Å²) in [6, 6.07) is 0. The molecule has 0 aromatic rings. The first-order valence-corrected chi connectivity index (χ1v) is 6.79. The number of carbonyl (C=O) groups is 1. The van der Waals surface area contributed by atoms with E-state index in [1.54, 1.807) is 0 Å². The molecule has 0 aliphatic heterocycles. The molecule has 0 saturated carbocycles. The Bertz CT molecular complexity index is 148. The molecule has 64 valence electrons. The van der Waals surface area contributed by atoms with Crippen molar-refractivity contribution in [3.05, 3.63) is 12.7 Å². The molecule has 0 bridgehead atoms. The number of hydrogen-bond donors (Lipinski definition) is 0. The van der Waals surface area contributed by atoms with E-state index >= 15 is 0 Å². The Morgan fingerprint density at radius 3 is 2.45 bits per heavy atom. The first-order chi connectivity index (χ1) is 4.95. The van der Waals surface area contributed by atoms with Crippen molar-refractivity contribution >= 4 is 14.3 Å². The van der Waals surface area contributed by atoms with Crippen LogP contribution in [0.5, 0.6) is 0 Å². The minimum atomic E-state index is -1.55. The number of carbonyl (C=O) groups excluding carboxylic acids is 1. The molecule has 0 aliphatic rings. The molecule has 11 heavy (non-hydrogen) atoms. The zero-order valence-electron chi connectivity index (χ0n) is 7.22. The van der Waals surface area contributed by atoms with Crippen LogP contribution in [0.1, 0.15) is 0 Å². The molecule has 0 aromatic carbocycles. The van der Waals surface area contributed by atoms with Gasteiger partial charge in [-0.15, -0.1) is 0 Å². The summed E-state index contributed by atoms with van der Waals surface area (Å²) < 4.78 is 9.87. The highest BCUT2D eigenvalue weighted by Gasteiger charge is 2.14. The van der Waals surface area contributed by atoms with E-state index in [1.807, 2.05) is 19.6 Å². The highest BCUT2D eigenvalue weighted by atomic mass is 28.4. The summed E-state index contributed by atoms with van der Waals surface area (Å²) in [5, 5.41) is 0. The van der Waals surface area contributed by atoms with Gasteiger partial charge < -0.3 is 9.16 Å². The fourth-order valence-electron chi connectivity index (χ4n) is 0.323. The van der Waals surface area contributed by atoms with E-state index in [-0.39, 0.29) is 6.79 Å². The third-order valence-electron chi connectivity index (χ3n) is 0.860. The van der Waals surface area contributed by atoms with Crippen LogP contribution in [0.15, 0.2) is 12.7 Å². The minimum Gasteiger partial charge on any atom is -0.436 e. The lowest BCUT2D eigenvalue weighted by atomic mass is 10.7. The molecule has 0 radical (unpaired) electrons. The van der Waals surface area contributed by atoms with E-state index in [0.717, 1.165) is 6.08 Å². The van der Waals surface area contributed by atoms with Crippen LogP contribution in [0.4, 0.5) is 0 Å². The van der Waals surface area contributed by atoms with Crippen LogP contribution in [-0.4, -0.2) is 21.1 Å². The summed E-state index contributed by atoms with van der Waals surface area (Å²) in [5.74, 6) is -0.441. The molecular formula is C7H14O3Si. The van der Waals surface area contributed by atoms with Crippen molar-refractivity contribution < 1.29 is 14.0 Å². The van der Waals surface area contributed by atoms with Gasteiger partial charge in [-0.2, -0.15) is 0 Å². The molecule has 0 spiro atoms. The van der Waals surface area contributed by atoms with Crippen molar-refractivity contribution in [2.75, 3.05) is 6.79 Å². The van der Waals surface area contributed by atoms with E-state index < -0.39 is 14.3 Å². The van der Waals surface area contributed by atoms with Gasteiger partial charge >= 0.3 is 5.97 Å². The fraction of sp³-hybridized carbons (Fsp3) is 0.571. The lowest BCUT2D eigenvalue weighted by Crippen LogP contribution is -2.27. The molecule has 0 unspecified atom stereocenters. The molecule has 0 rings (SSSR count). The van der Waals surface area contributed by atoms with Gasteiger partial charge in [0.1, 0.15) is 0 Å². The van der Waals surface area contributed by atoms with E-state index in [2.05, 4.69) is 11.3 Å². The third-order valence-corrected chi connectivity index (χ3v) is 1.84. The molecule has 0 fully saturated rings. The van der Waals surface area contributed by atoms with Gasteiger partial charge in [0.15, 0.2) is 15.1 Å². The smallest absolute Gasteiger partial charge is 0.332 e. The monoisotopic (exact) mass is 174 g/mol. The van der Waals surface area contributed by atoms with Crippen molar-refractivity contribution in [3.8, 4) is 0 Å². The Balaban J connectivity index is 3.42. The van der Waals surface area contributed by atoms with E-state index in [0.29, 0.717) is 0 Å². The fourth-order valence-corrected chi connectivity index (χ4v) is 0.736. The Hall–Kier alpha value is -0.613. The van der Waals surface area contributed by atoms with Crippen LogP contribution < -0.4 is 0 Å². The predicted octanol–water partition coefficient (Wildman–Crippen LogP) is 1.52. The van der Waals surface area contributed by atoms with Gasteiger partial charge in [0.25, 0.3) is 0 Å². The normalized spacial score (nSPS) is 10.8. The lowest BCUT2D eigenvalue weighted by molar-refractivity contribution is -0.144. The molecule has 0 amide bonds. The predicted molar refractivity (Wildman–Crippen MR) is 45.6 cm³/mol. The van der Waals surface area contributed by atoms with Crippen LogP contribution >= 0.6 is 0 Å². The zero-order chi connectivity index (χ0) is 8.91. The molecular weight excluding hydrogens is 160 g/mol. The first kappa shape index (κ1) is 10.4. The van der Waals surface area contributed by atoms with E-state index in [1.165, 1.54) is 0 Å². The second kappa shape index (κ2) is 4.30. The van der Waals surface area contributed by atoms with Gasteiger partial charge in [-0.25, -0.2) is 4.79 Å². The van der Waals surface area contributed by atoms with Crippen LogP contribution in [0.3, 0.4) is 0 Å². The number of ether oxygens (including phenoxy) is 1. The van der Waals surface area contributed by atoms with E-state index in [9.17, 15) is 4.79 Å². The SMILES string of the molecule is C=CC(=O)OCO[Si](C)(C)C. The van der Waals surface area contributed by atoms with Gasteiger partial charge in [0.05, 0.1) is 0 Å². The molecule has 3 nitrogen and oxygen atoms in total. The summed E-state index contributed by atoms with van der Waals surface area (Å²) >= 11 is 0. The first-order valence-electron chi connectivity index (χ1n) is 3.39. The maximum atomic E-state index is 10.5. The van der Waals surface area contributed by atoms with Crippen LogP contribution in [0.25, 0.3) is 0 Å². The maximum Gasteiger partial charge on any atom is 0.332 e. The Morgan fingerprint density at radius 1 is 1.55 bits per heavy atom. The average molecular weight is 174 g/mol. The maximum absolute atomic E-state index is 10.5. The Labute approximate surface area is 68.1 Å². The van der Waals surface area contributed by atoms with Crippen molar-refractivity contribution in [1.29, 1.82) is 0 Å². The summed E-state index contributed by atoms with van der Waals surface area (Å²) in [4.78, 5) is 10.5. The van der Waals surface area contributed by atoms with E-state index in [4.69, 9.17) is 4.43 Å². The van der Waals surface area contributed by atoms with Gasteiger partial charge in [0.2, 0.25) is 0 Å². The molecule has 0 heterocycles. The van der Waals surface area contributed by atoms with Crippen molar-refractivity contribution in [1.82, 2.24) is 0 Å². The molecule has 0 atom stereocenters. The summed E-state index contributed by atoms with van der Waals surface area (Å²) in [6.45, 7) is 9.37. The second-order valence-corrected chi connectivity index (χ2v) is 7.56. The summed E-state index contributed by atoms with van der Waals surface area (Å²) in [6.07, 6.45) is 1.12. The van der Waals surface area contributed by atoms with Crippen molar-refractivity contribution in [2.45, 2.75) is 19.6 Å². The highest BCUT2D eigenvalue weighted by molar-refractivity contribution is 6.69. The number of esters is 1. The topological polar surface area (TPSA) is 35.5 Å². The van der Waals surface area contributed by atoms with Crippen LogP contribution in [0, 0.1) is 0 Å². The number of rotatable bonds is 4. The summed E-state index contributed by atoms with van der Waals surface area (Å²) in [5.41, 5.74) is 0. The lowest BCUT2D eigenvalue weighted by Gasteiger charge is -2.15. The molecule has 4 heteroatoms. The van der Waals surface area contributed by atoms with Gasteiger partial charge in [-0.1, -0.05) is 6.58 Å². The Kier molecular flexibility index (Phi) is 4.06. The molecule has 0 aliphatic carbocycles. The molecule has 0 aromatic heterocycles. The number of hydrogen-bond acceptors (Lipinski definition) is 3. The third kappa shape index (κ3) is 7.28. The zero-order valence-corrected chi connectivity index (χ0v) is 8.22. The second-order valence-electron chi connectivity index (χ2n) is 3.04. The standard InChI is InChI=1S/C7H14O3Si/c1-5-7(8)9-6-10-11(2,3)4/h5H,1,6H2,2-4H3. The highest BCUT2D eigenvalue weighted by Crippen LogP contribution is 2.01. The molecule has 0 saturated heterocycles. The molecule has 0 N–H and O–H groups in total. The van der Waals surface area contributed by atoms with Gasteiger partial charge in [-0.3, -0.25) is 0 Å². The van der Waals surface area contributed by atoms with Crippen molar-refractivity contribution in [2.24, 2.45) is 0 Å². The largest absolute Gasteiger partial charge is 0.436 e.